The summed E-state index contributed by atoms with van der Waals surface area (Å²) >= 11 is 1.80. The molecule has 0 radical (unpaired) electrons. The van der Waals surface area contributed by atoms with E-state index in [2.05, 4.69) is 37.0 Å². The van der Waals surface area contributed by atoms with Gasteiger partial charge in [-0.25, -0.2) is 4.98 Å². The van der Waals surface area contributed by atoms with Crippen molar-refractivity contribution >= 4 is 17.7 Å². The molecule has 0 saturated heterocycles. The second-order valence-electron chi connectivity index (χ2n) is 6.48. The van der Waals surface area contributed by atoms with E-state index >= 15 is 0 Å². The molecule has 0 bridgehead atoms. The molecule has 0 fully saturated rings. The van der Waals surface area contributed by atoms with Crippen molar-refractivity contribution in [3.05, 3.63) is 41.6 Å². The highest BCUT2D eigenvalue weighted by molar-refractivity contribution is 8.00. The van der Waals surface area contributed by atoms with Crippen molar-refractivity contribution in [3.63, 3.8) is 0 Å². The van der Waals surface area contributed by atoms with Crippen molar-refractivity contribution in [1.82, 2.24) is 4.98 Å². The highest BCUT2D eigenvalue weighted by Crippen LogP contribution is 2.36. The Morgan fingerprint density at radius 3 is 2.62 bits per heavy atom. The lowest BCUT2D eigenvalue weighted by Crippen LogP contribution is -2.04. The third kappa shape index (κ3) is 5.49. The van der Waals surface area contributed by atoms with E-state index in [1.165, 1.54) is 0 Å². The Hall–Kier alpha value is -2.01. The zero-order valence-electron chi connectivity index (χ0n) is 15.9. The third-order valence-corrected chi connectivity index (χ3v) is 5.50. The molecule has 1 heterocycles. The average molecular weight is 374 g/mol. The molecule has 1 N–H and O–H groups in total. The van der Waals surface area contributed by atoms with E-state index in [4.69, 9.17) is 9.84 Å². The molecule has 4 nitrogen and oxygen atoms in total. The number of hydrogen-bond acceptors (Lipinski definition) is 4. The zero-order chi connectivity index (χ0) is 19.1. The summed E-state index contributed by atoms with van der Waals surface area (Å²) in [6.07, 6.45) is 3.58. The molecule has 5 heteroatoms. The van der Waals surface area contributed by atoms with E-state index in [1.54, 1.807) is 11.8 Å². The van der Waals surface area contributed by atoms with Gasteiger partial charge in [-0.2, -0.15) is 0 Å². The molecular formula is C21H27NO3S. The zero-order valence-corrected chi connectivity index (χ0v) is 16.7. The minimum Gasteiger partial charge on any atom is -0.493 e. The average Bonchev–Trinajstić information content (AvgIpc) is 2.60. The second-order valence-corrected chi connectivity index (χ2v) is 7.90. The first-order valence-electron chi connectivity index (χ1n) is 9.00. The number of carboxylic acids is 1. The molecule has 0 aliphatic rings. The second kappa shape index (κ2) is 9.62. The van der Waals surface area contributed by atoms with Crippen LogP contribution in [0.15, 0.2) is 35.5 Å². The van der Waals surface area contributed by atoms with Crippen LogP contribution in [0.3, 0.4) is 0 Å². The molecule has 0 spiro atoms. The predicted molar refractivity (Wildman–Crippen MR) is 107 cm³/mol. The standard InChI is InChI=1S/C21H27NO3S/c1-5-16(4)26-21-18(8-6-10-22-21)17-12-14(2)20(15(3)13-17)25-11-7-9-19(23)24/h6,8,10,12-13,16H,5,7,9,11H2,1-4H3,(H,23,24). The third-order valence-electron chi connectivity index (χ3n) is 4.21. The highest BCUT2D eigenvalue weighted by Gasteiger charge is 2.13. The van der Waals surface area contributed by atoms with Crippen molar-refractivity contribution in [2.75, 3.05) is 6.61 Å². The van der Waals surface area contributed by atoms with Crippen LogP contribution in [0.2, 0.25) is 0 Å². The van der Waals surface area contributed by atoms with Gasteiger partial charge in [0.15, 0.2) is 0 Å². The summed E-state index contributed by atoms with van der Waals surface area (Å²) < 4.78 is 5.84. The summed E-state index contributed by atoms with van der Waals surface area (Å²) in [7, 11) is 0. The highest BCUT2D eigenvalue weighted by atomic mass is 32.2. The molecule has 26 heavy (non-hydrogen) atoms. The summed E-state index contributed by atoms with van der Waals surface area (Å²) in [6, 6.07) is 8.32. The van der Waals surface area contributed by atoms with Crippen molar-refractivity contribution < 1.29 is 14.6 Å². The molecule has 1 aromatic heterocycles. The van der Waals surface area contributed by atoms with Gasteiger partial charge in [0.25, 0.3) is 0 Å². The van der Waals surface area contributed by atoms with Gasteiger partial charge < -0.3 is 9.84 Å². The number of benzene rings is 1. The number of aliphatic carboxylic acids is 1. The van der Waals surface area contributed by atoms with Crippen LogP contribution < -0.4 is 4.74 Å². The maximum absolute atomic E-state index is 10.6. The molecule has 1 atom stereocenters. The fourth-order valence-electron chi connectivity index (χ4n) is 2.71. The number of rotatable bonds is 9. The first-order valence-corrected chi connectivity index (χ1v) is 9.88. The number of aromatic nitrogens is 1. The molecule has 1 unspecified atom stereocenters. The van der Waals surface area contributed by atoms with Crippen LogP contribution in [0.5, 0.6) is 5.75 Å². The first-order chi connectivity index (χ1) is 12.4. The Labute approximate surface area is 160 Å². The summed E-state index contributed by atoms with van der Waals surface area (Å²) in [5.74, 6) is 0.0551. The normalized spacial score (nSPS) is 12.0. The lowest BCUT2D eigenvalue weighted by Gasteiger charge is -2.16. The topological polar surface area (TPSA) is 59.4 Å². The maximum atomic E-state index is 10.6. The number of carboxylic acid groups (broad SMARTS) is 1. The van der Waals surface area contributed by atoms with Gasteiger partial charge in [-0.3, -0.25) is 4.79 Å². The SMILES string of the molecule is CCC(C)Sc1ncccc1-c1cc(C)c(OCCCC(=O)O)c(C)c1. The van der Waals surface area contributed by atoms with Crippen molar-refractivity contribution in [2.24, 2.45) is 0 Å². The molecule has 0 saturated carbocycles. The number of carbonyl (C=O) groups is 1. The lowest BCUT2D eigenvalue weighted by atomic mass is 10.0. The quantitative estimate of drug-likeness (QED) is 0.464. The maximum Gasteiger partial charge on any atom is 0.303 e. The van der Waals surface area contributed by atoms with Crippen LogP contribution in [0.1, 0.15) is 44.2 Å². The molecule has 140 valence electrons. The summed E-state index contributed by atoms with van der Waals surface area (Å²) in [5.41, 5.74) is 4.38. The van der Waals surface area contributed by atoms with Crippen LogP contribution in [0.25, 0.3) is 11.1 Å². The van der Waals surface area contributed by atoms with Gasteiger partial charge in [-0.1, -0.05) is 19.9 Å². The van der Waals surface area contributed by atoms with Crippen molar-refractivity contribution in [3.8, 4) is 16.9 Å². The van der Waals surface area contributed by atoms with Crippen LogP contribution in [0.4, 0.5) is 0 Å². The van der Waals surface area contributed by atoms with Gasteiger partial charge in [0, 0.05) is 23.4 Å². The molecule has 1 aromatic carbocycles. The number of thioether (sulfide) groups is 1. The van der Waals surface area contributed by atoms with E-state index in [0.717, 1.165) is 39.5 Å². The van der Waals surface area contributed by atoms with E-state index < -0.39 is 5.97 Å². The van der Waals surface area contributed by atoms with Gasteiger partial charge in [-0.05, 0) is 61.6 Å². The number of aryl methyl sites for hydroxylation is 2. The van der Waals surface area contributed by atoms with Gasteiger partial charge in [0.1, 0.15) is 10.8 Å². The van der Waals surface area contributed by atoms with Crippen molar-refractivity contribution in [1.29, 1.82) is 0 Å². The number of nitrogens with zero attached hydrogens (tertiary/aromatic N) is 1. The Bertz CT molecular complexity index is 738. The number of pyridine rings is 1. The molecular weight excluding hydrogens is 346 g/mol. The molecule has 0 aliphatic heterocycles. The van der Waals surface area contributed by atoms with Crippen molar-refractivity contribution in [2.45, 2.75) is 57.2 Å². The summed E-state index contributed by atoms with van der Waals surface area (Å²) in [4.78, 5) is 15.2. The van der Waals surface area contributed by atoms with Crippen LogP contribution in [-0.2, 0) is 4.79 Å². The Morgan fingerprint density at radius 1 is 1.31 bits per heavy atom. The fraction of sp³-hybridized carbons (Fsp3) is 0.429. The van der Waals surface area contributed by atoms with Gasteiger partial charge in [0.05, 0.1) is 6.61 Å². The van der Waals surface area contributed by atoms with E-state index in [9.17, 15) is 4.79 Å². The smallest absolute Gasteiger partial charge is 0.303 e. The predicted octanol–water partition coefficient (Wildman–Crippen LogP) is 5.50. The van der Waals surface area contributed by atoms with Gasteiger partial charge in [-0.15, -0.1) is 11.8 Å². The first kappa shape index (κ1) is 20.3. The summed E-state index contributed by atoms with van der Waals surface area (Å²) in [5, 5.41) is 10.3. The Balaban J connectivity index is 2.23. The molecule has 0 amide bonds. The van der Waals surface area contributed by atoms with Crippen LogP contribution >= 0.6 is 11.8 Å². The Kier molecular flexibility index (Phi) is 7.51. The Morgan fingerprint density at radius 2 is 2.00 bits per heavy atom. The largest absolute Gasteiger partial charge is 0.493 e. The van der Waals surface area contributed by atoms with Crippen LogP contribution in [0, 0.1) is 13.8 Å². The van der Waals surface area contributed by atoms with Gasteiger partial charge >= 0.3 is 5.97 Å². The van der Waals surface area contributed by atoms with Gasteiger partial charge in [0.2, 0.25) is 0 Å². The molecule has 2 rings (SSSR count). The lowest BCUT2D eigenvalue weighted by molar-refractivity contribution is -0.137. The minimum atomic E-state index is -0.791. The summed E-state index contributed by atoms with van der Waals surface area (Å²) in [6.45, 7) is 8.87. The molecule has 0 aliphatic carbocycles. The fourth-order valence-corrected chi connectivity index (χ4v) is 3.69. The number of ether oxygens (including phenoxy) is 1. The number of hydrogen-bond donors (Lipinski definition) is 1. The molecule has 2 aromatic rings. The van der Waals surface area contributed by atoms with Crippen LogP contribution in [-0.4, -0.2) is 27.9 Å². The van der Waals surface area contributed by atoms with E-state index in [-0.39, 0.29) is 6.42 Å². The minimum absolute atomic E-state index is 0.127. The monoisotopic (exact) mass is 373 g/mol. The van der Waals surface area contributed by atoms with E-state index in [1.807, 2.05) is 26.1 Å². The van der Waals surface area contributed by atoms with E-state index in [0.29, 0.717) is 18.3 Å².